The zero-order valence-corrected chi connectivity index (χ0v) is 9.58. The first kappa shape index (κ1) is 9.21. The minimum absolute atomic E-state index is 0.326. The second kappa shape index (κ2) is 3.40. The van der Waals surface area contributed by atoms with E-state index in [0.29, 0.717) is 5.41 Å². The third-order valence-electron chi connectivity index (χ3n) is 0.725. The molecule has 0 rings (SSSR count). The van der Waals surface area contributed by atoms with E-state index < -0.39 is 0 Å². The normalized spacial score (nSPS) is 14.4. The number of hydrogen-bond donors (Lipinski definition) is 0. The van der Waals surface area contributed by atoms with Crippen LogP contribution in [0.2, 0.25) is 0 Å². The minimum atomic E-state index is 0.326. The van der Waals surface area contributed by atoms with Crippen LogP contribution in [0.3, 0.4) is 0 Å². The summed E-state index contributed by atoms with van der Waals surface area (Å²) in [4.78, 5) is 0. The molecule has 0 heterocycles. The van der Waals surface area contributed by atoms with Crippen molar-refractivity contribution in [1.82, 2.24) is 0 Å². The van der Waals surface area contributed by atoms with Crippen molar-refractivity contribution in [2.24, 2.45) is 5.41 Å². The predicted molar refractivity (Wildman–Crippen MR) is 42.9 cm³/mol. The molecule has 0 aromatic rings. The van der Waals surface area contributed by atoms with Crippen LogP contribution in [0.15, 0.2) is 0 Å². The van der Waals surface area contributed by atoms with Gasteiger partial charge < -0.3 is 0 Å². The van der Waals surface area contributed by atoms with E-state index in [0.717, 1.165) is 0 Å². The van der Waals surface area contributed by atoms with E-state index >= 15 is 0 Å². The summed E-state index contributed by atoms with van der Waals surface area (Å²) >= 11 is 5.99. The van der Waals surface area contributed by atoms with Crippen LogP contribution < -0.4 is 0 Å². The first-order valence-electron chi connectivity index (χ1n) is 2.36. The first-order valence-corrected chi connectivity index (χ1v) is 6.33. The average Bonchev–Trinajstić information content (AvgIpc) is 1.62. The van der Waals surface area contributed by atoms with Gasteiger partial charge in [-0.05, 0) is 0 Å². The molecule has 0 nitrogen and oxygen atoms in total. The zero-order valence-electron chi connectivity index (χ0n) is 5.26. The van der Waals surface area contributed by atoms with Gasteiger partial charge in [0.15, 0.2) is 0 Å². The van der Waals surface area contributed by atoms with Crippen LogP contribution >= 0.6 is 6.89 Å². The van der Waals surface area contributed by atoms with Gasteiger partial charge in [-0.25, -0.2) is 0 Å². The van der Waals surface area contributed by atoms with Crippen LogP contribution in [0.1, 0.15) is 20.8 Å². The second-order valence-corrected chi connectivity index (χ2v) is 5.96. The maximum absolute atomic E-state index is 3.04. The molecule has 3 heteroatoms. The van der Waals surface area contributed by atoms with E-state index in [1.54, 1.807) is 0 Å². The maximum atomic E-state index is 3.04. The number of hydrogen-bond acceptors (Lipinski definition) is 0. The molecule has 2 radical (unpaired) electrons. The molecule has 0 aliphatic carbocycles. The van der Waals surface area contributed by atoms with Crippen LogP contribution in [0, 0.1) is 5.41 Å². The van der Waals surface area contributed by atoms with Crippen molar-refractivity contribution in [2.75, 3.05) is 0 Å². The van der Waals surface area contributed by atoms with Gasteiger partial charge in [-0.1, -0.05) is 0 Å². The molecule has 0 aliphatic rings. The van der Waals surface area contributed by atoms with Gasteiger partial charge in [0, 0.05) is 0 Å². The van der Waals surface area contributed by atoms with Gasteiger partial charge in [0.05, 0.1) is 0 Å². The molecular formula is C5H9PSe2. The van der Waals surface area contributed by atoms with Crippen LogP contribution in [0.25, 0.3) is 0 Å². The van der Waals surface area contributed by atoms with Crippen molar-refractivity contribution >= 4 is 42.7 Å². The summed E-state index contributed by atoms with van der Waals surface area (Å²) in [5.74, 6) is 0. The Bertz CT molecular complexity index is 101. The fourth-order valence-electron chi connectivity index (χ4n) is 0.137. The molecule has 0 saturated carbocycles. The molecular weight excluding hydrogens is 249 g/mol. The third-order valence-corrected chi connectivity index (χ3v) is 6.33. The van der Waals surface area contributed by atoms with E-state index in [1.165, 1.54) is 11.1 Å². The molecule has 8 heavy (non-hydrogen) atoms. The van der Waals surface area contributed by atoms with E-state index in [2.05, 4.69) is 52.4 Å². The summed E-state index contributed by atoms with van der Waals surface area (Å²) in [5.41, 5.74) is 0.326. The molecule has 0 atom stereocenters. The van der Waals surface area contributed by atoms with Crippen LogP contribution in [-0.4, -0.2) is 35.8 Å². The molecule has 0 spiro atoms. The van der Waals surface area contributed by atoms with E-state index in [4.69, 9.17) is 0 Å². The van der Waals surface area contributed by atoms with Gasteiger partial charge in [-0.3, -0.25) is 0 Å². The summed E-state index contributed by atoms with van der Waals surface area (Å²) < 4.78 is 1.37. The van der Waals surface area contributed by atoms with Crippen molar-refractivity contribution in [2.45, 2.75) is 20.8 Å². The fourth-order valence-corrected chi connectivity index (χ4v) is 2.13. The Morgan fingerprint density at radius 1 is 1.38 bits per heavy atom. The molecule has 0 bridgehead atoms. The SMILES string of the molecule is CC(C)(C)C([Se])=P[Se]. The van der Waals surface area contributed by atoms with Crippen LogP contribution in [-0.2, 0) is 0 Å². The Hall–Kier alpha value is 1.21. The van der Waals surface area contributed by atoms with E-state index in [-0.39, 0.29) is 0 Å². The van der Waals surface area contributed by atoms with Gasteiger partial charge in [0.1, 0.15) is 0 Å². The molecule has 0 amide bonds. The van der Waals surface area contributed by atoms with Crippen molar-refractivity contribution < 1.29 is 0 Å². The number of rotatable bonds is 0. The van der Waals surface area contributed by atoms with Crippen molar-refractivity contribution in [1.29, 1.82) is 0 Å². The summed E-state index contributed by atoms with van der Waals surface area (Å²) in [7, 11) is 0. The second-order valence-electron chi connectivity index (χ2n) is 2.65. The summed E-state index contributed by atoms with van der Waals surface area (Å²) in [5, 5.41) is 0. The van der Waals surface area contributed by atoms with Crippen LogP contribution in [0.5, 0.6) is 0 Å². The van der Waals surface area contributed by atoms with Gasteiger partial charge in [-0.15, -0.1) is 0 Å². The zero-order chi connectivity index (χ0) is 6.78. The van der Waals surface area contributed by atoms with E-state index in [1.807, 2.05) is 0 Å². The summed E-state index contributed by atoms with van der Waals surface area (Å²) in [6.07, 6.45) is 0. The van der Waals surface area contributed by atoms with Crippen molar-refractivity contribution in [3.05, 3.63) is 0 Å². The van der Waals surface area contributed by atoms with Gasteiger partial charge >= 0.3 is 68.9 Å². The molecule has 46 valence electrons. The molecule has 0 N–H and O–H groups in total. The Balaban J connectivity index is 4.03. The standard InChI is InChI=1S/C5H9PSe2/c1-5(2,3)4(7)6-8/h1-3H3. The van der Waals surface area contributed by atoms with Crippen LogP contribution in [0.4, 0.5) is 0 Å². The van der Waals surface area contributed by atoms with Gasteiger partial charge in [-0.2, -0.15) is 0 Å². The molecule has 0 aromatic carbocycles. The monoisotopic (exact) mass is 260 g/mol. The van der Waals surface area contributed by atoms with Gasteiger partial charge in [0.2, 0.25) is 0 Å². The molecule has 0 fully saturated rings. The quantitative estimate of drug-likeness (QED) is 0.454. The Kier molecular flexibility index (Phi) is 3.91. The average molecular weight is 258 g/mol. The van der Waals surface area contributed by atoms with E-state index in [9.17, 15) is 0 Å². The van der Waals surface area contributed by atoms with Crippen molar-refractivity contribution in [3.8, 4) is 0 Å². The molecule has 0 aliphatic heterocycles. The molecule has 0 unspecified atom stereocenters. The Morgan fingerprint density at radius 2 is 1.75 bits per heavy atom. The Labute approximate surface area is 68.9 Å². The fraction of sp³-hybridized carbons (Fsp3) is 0.800. The Morgan fingerprint density at radius 3 is 1.75 bits per heavy atom. The topological polar surface area (TPSA) is 0 Å². The predicted octanol–water partition coefficient (Wildman–Crippen LogP) is 1.36. The van der Waals surface area contributed by atoms with Crippen molar-refractivity contribution in [3.63, 3.8) is 0 Å². The summed E-state index contributed by atoms with van der Waals surface area (Å²) in [6, 6.07) is 0. The summed E-state index contributed by atoms with van der Waals surface area (Å²) in [6.45, 7) is 7.84. The molecule has 0 aromatic heterocycles. The van der Waals surface area contributed by atoms with Gasteiger partial charge in [0.25, 0.3) is 0 Å². The third kappa shape index (κ3) is 3.28. The first-order chi connectivity index (χ1) is 3.48. The molecule has 0 saturated heterocycles.